The zero-order valence-corrected chi connectivity index (χ0v) is 22.9. The molecule has 2 N–H and O–H groups in total. The van der Waals surface area contributed by atoms with Crippen molar-refractivity contribution in [2.45, 2.75) is 97.5 Å². The highest BCUT2D eigenvalue weighted by molar-refractivity contribution is 7.90. The minimum absolute atomic E-state index is 0.143. The Hall–Kier alpha value is -1.65. The maximum atomic E-state index is 12.2. The first-order chi connectivity index (χ1) is 15.3. The Labute approximate surface area is 204 Å². The molecule has 2 aromatic rings. The molecule has 0 radical (unpaired) electrons. The van der Waals surface area contributed by atoms with Crippen LogP contribution in [0.1, 0.15) is 92.8 Å². The fraction of sp³-hybridized carbons (Fsp3) is 0.556. The first-order valence-electron chi connectivity index (χ1n) is 11.8. The molecule has 0 spiro atoms. The van der Waals surface area contributed by atoms with E-state index in [1.54, 1.807) is 32.1 Å². The molecular weight excluding hydrogens is 450 g/mol. The van der Waals surface area contributed by atoms with Crippen molar-refractivity contribution in [1.29, 1.82) is 0 Å². The number of aryl methyl sites for hydroxylation is 2. The van der Waals surface area contributed by atoms with E-state index in [4.69, 9.17) is 0 Å². The lowest BCUT2D eigenvalue weighted by Crippen LogP contribution is -2.30. The van der Waals surface area contributed by atoms with Crippen LogP contribution in [0.15, 0.2) is 24.3 Å². The van der Waals surface area contributed by atoms with E-state index < -0.39 is 20.9 Å². The third-order valence-electron chi connectivity index (χ3n) is 6.69. The molecule has 0 aliphatic carbocycles. The van der Waals surface area contributed by atoms with Gasteiger partial charge in [-0.25, -0.2) is 13.1 Å². The van der Waals surface area contributed by atoms with Crippen molar-refractivity contribution in [3.05, 3.63) is 56.3 Å². The van der Waals surface area contributed by atoms with E-state index in [1.807, 2.05) is 6.92 Å². The summed E-state index contributed by atoms with van der Waals surface area (Å²) < 4.78 is 27.2. The van der Waals surface area contributed by atoms with Gasteiger partial charge in [-0.15, -0.1) is 11.3 Å². The zero-order valence-electron chi connectivity index (χ0n) is 21.3. The fourth-order valence-electron chi connectivity index (χ4n) is 3.80. The number of aliphatic hydroxyl groups is 1. The van der Waals surface area contributed by atoms with Crippen LogP contribution in [0.2, 0.25) is 0 Å². The molecule has 0 saturated heterocycles. The number of sulfonamides is 1. The Kier molecular flexibility index (Phi) is 8.98. The third kappa shape index (κ3) is 6.27. The number of nitrogens with one attached hydrogen (secondary N) is 1. The van der Waals surface area contributed by atoms with Crippen molar-refractivity contribution in [2.24, 2.45) is 0 Å². The molecule has 33 heavy (non-hydrogen) atoms. The summed E-state index contributed by atoms with van der Waals surface area (Å²) >= 11 is 1.70. The van der Waals surface area contributed by atoms with Crippen LogP contribution in [0.5, 0.6) is 0 Å². The largest absolute Gasteiger partial charge is 0.378 e. The summed E-state index contributed by atoms with van der Waals surface area (Å²) in [4.78, 5) is 2.32. The minimum atomic E-state index is -3.31. The molecule has 6 heteroatoms. The van der Waals surface area contributed by atoms with Gasteiger partial charge in [0.1, 0.15) is 5.60 Å². The van der Waals surface area contributed by atoms with Gasteiger partial charge in [0, 0.05) is 27.3 Å². The van der Waals surface area contributed by atoms with Gasteiger partial charge in [-0.1, -0.05) is 44.7 Å². The lowest BCUT2D eigenvalue weighted by Gasteiger charge is -2.32. The summed E-state index contributed by atoms with van der Waals surface area (Å²) in [5, 5.41) is 9.77. The van der Waals surface area contributed by atoms with E-state index in [2.05, 4.69) is 68.5 Å². The van der Waals surface area contributed by atoms with Gasteiger partial charge in [0.05, 0.1) is 5.25 Å². The quantitative estimate of drug-likeness (QED) is 0.437. The molecule has 1 unspecified atom stereocenters. The monoisotopic (exact) mass is 489 g/mol. The van der Waals surface area contributed by atoms with Gasteiger partial charge >= 0.3 is 0 Å². The van der Waals surface area contributed by atoms with Gasteiger partial charge in [0.25, 0.3) is 0 Å². The molecule has 2 rings (SSSR count). The molecule has 0 fully saturated rings. The average Bonchev–Trinajstić information content (AvgIpc) is 3.13. The molecule has 0 saturated carbocycles. The minimum Gasteiger partial charge on any atom is -0.378 e. The van der Waals surface area contributed by atoms with Crippen molar-refractivity contribution in [3.8, 4) is 11.8 Å². The second kappa shape index (κ2) is 10.7. The number of benzene rings is 1. The van der Waals surface area contributed by atoms with Gasteiger partial charge in [0.2, 0.25) is 10.0 Å². The lowest BCUT2D eigenvalue weighted by atomic mass is 9.74. The highest BCUT2D eigenvalue weighted by atomic mass is 32.2. The predicted molar refractivity (Wildman–Crippen MR) is 140 cm³/mol. The molecule has 0 aliphatic rings. The predicted octanol–water partition coefficient (Wildman–Crippen LogP) is 5.81. The van der Waals surface area contributed by atoms with Crippen molar-refractivity contribution in [2.75, 3.05) is 0 Å². The van der Waals surface area contributed by atoms with Crippen LogP contribution >= 0.6 is 11.3 Å². The van der Waals surface area contributed by atoms with Crippen LogP contribution in [0.3, 0.4) is 0 Å². The van der Waals surface area contributed by atoms with Crippen LogP contribution in [0.25, 0.3) is 0 Å². The maximum absolute atomic E-state index is 12.2. The molecular formula is C27H39NO3S2. The van der Waals surface area contributed by atoms with Crippen LogP contribution in [0.4, 0.5) is 0 Å². The highest BCUT2D eigenvalue weighted by Gasteiger charge is 2.33. The summed E-state index contributed by atoms with van der Waals surface area (Å²) in [6.07, 6.45) is 2.46. The number of hydrogen-bond donors (Lipinski definition) is 2. The topological polar surface area (TPSA) is 66.4 Å². The molecule has 1 heterocycles. The molecule has 0 aliphatic heterocycles. The van der Waals surface area contributed by atoms with Crippen molar-refractivity contribution in [1.82, 2.24) is 4.72 Å². The van der Waals surface area contributed by atoms with Gasteiger partial charge in [-0.3, -0.25) is 0 Å². The van der Waals surface area contributed by atoms with E-state index in [1.165, 1.54) is 10.4 Å². The van der Waals surface area contributed by atoms with Gasteiger partial charge in [0.15, 0.2) is 0 Å². The Bertz CT molecular complexity index is 1130. The Morgan fingerprint density at radius 3 is 2.21 bits per heavy atom. The van der Waals surface area contributed by atoms with Crippen molar-refractivity contribution in [3.63, 3.8) is 0 Å². The second-order valence-electron chi connectivity index (χ2n) is 9.33. The Morgan fingerprint density at radius 2 is 1.70 bits per heavy atom. The van der Waals surface area contributed by atoms with Crippen LogP contribution in [-0.4, -0.2) is 24.4 Å². The SMILES string of the molecule is CCC(C)(O)C#Cc1ccc(C(CC)(CC)c2cc(C)c(CNS(=O)(=O)C(C)C)s2)cc1C. The first-order valence-corrected chi connectivity index (χ1v) is 14.1. The standard InChI is InChI=1S/C27H39NO3S2/c1-9-26(8,29)15-14-22-12-13-23(16-20(22)6)27(10-2,11-3)25-17-21(7)24(32-25)18-28-33(30,31)19(4)5/h12-13,16-17,19,28-29H,9-11,18H2,1-8H3. The van der Waals surface area contributed by atoms with E-state index in [0.717, 1.165) is 34.4 Å². The van der Waals surface area contributed by atoms with Gasteiger partial charge in [-0.05, 0) is 82.7 Å². The molecule has 1 aromatic carbocycles. The van der Waals surface area contributed by atoms with E-state index in [-0.39, 0.29) is 5.41 Å². The molecule has 4 nitrogen and oxygen atoms in total. The number of rotatable bonds is 9. The molecule has 1 aromatic heterocycles. The summed E-state index contributed by atoms with van der Waals surface area (Å²) in [5.41, 5.74) is 3.26. The van der Waals surface area contributed by atoms with Crippen LogP contribution in [0, 0.1) is 25.7 Å². The maximum Gasteiger partial charge on any atom is 0.214 e. The second-order valence-corrected chi connectivity index (χ2v) is 12.8. The number of hydrogen-bond acceptors (Lipinski definition) is 4. The van der Waals surface area contributed by atoms with Crippen molar-refractivity contribution < 1.29 is 13.5 Å². The summed E-state index contributed by atoms with van der Waals surface area (Å²) in [6, 6.07) is 8.65. The summed E-state index contributed by atoms with van der Waals surface area (Å²) in [6.45, 7) is 15.9. The summed E-state index contributed by atoms with van der Waals surface area (Å²) in [7, 11) is -3.31. The fourth-order valence-corrected chi connectivity index (χ4v) is 6.04. The Morgan fingerprint density at radius 1 is 1.06 bits per heavy atom. The highest BCUT2D eigenvalue weighted by Crippen LogP contribution is 2.43. The van der Waals surface area contributed by atoms with E-state index in [9.17, 15) is 13.5 Å². The third-order valence-corrected chi connectivity index (χ3v) is 9.92. The normalized spacial score (nSPS) is 14.1. The molecule has 182 valence electrons. The van der Waals surface area contributed by atoms with Crippen LogP contribution in [-0.2, 0) is 22.0 Å². The zero-order chi connectivity index (χ0) is 25.0. The number of thiophene rings is 1. The molecule has 0 bridgehead atoms. The molecule has 1 atom stereocenters. The van der Waals surface area contributed by atoms with Crippen molar-refractivity contribution >= 4 is 21.4 Å². The summed E-state index contributed by atoms with van der Waals surface area (Å²) in [5.74, 6) is 6.13. The average molecular weight is 490 g/mol. The Balaban J connectivity index is 2.44. The van der Waals surface area contributed by atoms with Crippen LogP contribution < -0.4 is 4.72 Å². The van der Waals surface area contributed by atoms with Gasteiger partial charge < -0.3 is 5.11 Å². The molecule has 0 amide bonds. The van der Waals surface area contributed by atoms with Gasteiger partial charge in [-0.2, -0.15) is 0 Å². The lowest BCUT2D eigenvalue weighted by molar-refractivity contribution is 0.118. The van der Waals surface area contributed by atoms with E-state index >= 15 is 0 Å². The first kappa shape index (κ1) is 27.6. The van der Waals surface area contributed by atoms with E-state index in [0.29, 0.717) is 13.0 Å². The smallest absolute Gasteiger partial charge is 0.214 e.